The van der Waals surface area contributed by atoms with E-state index in [2.05, 4.69) is 0 Å². The lowest BCUT2D eigenvalue weighted by atomic mass is 9.80. The van der Waals surface area contributed by atoms with E-state index in [4.69, 9.17) is 9.47 Å². The Balaban J connectivity index is 1.60. The highest BCUT2D eigenvalue weighted by atomic mass is 16.6. The van der Waals surface area contributed by atoms with Crippen LogP contribution < -0.4 is 9.47 Å². The lowest BCUT2D eigenvalue weighted by Gasteiger charge is -2.34. The fourth-order valence-corrected chi connectivity index (χ4v) is 3.67. The largest absolute Gasteiger partial charge is 0.486 e. The number of ether oxygens (including phenoxy) is 2. The van der Waals surface area contributed by atoms with E-state index in [1.807, 2.05) is 31.2 Å². The maximum atomic E-state index is 12.9. The first kappa shape index (κ1) is 17.6. The predicted molar refractivity (Wildman–Crippen MR) is 91.7 cm³/mol. The molecule has 1 amide bonds. The van der Waals surface area contributed by atoms with Gasteiger partial charge in [0.1, 0.15) is 6.61 Å². The second-order valence-corrected chi connectivity index (χ2v) is 6.77. The Hall–Kier alpha value is -2.24. The molecule has 0 aromatic heterocycles. The average molecular weight is 347 g/mol. The number of amides is 1. The van der Waals surface area contributed by atoms with Gasteiger partial charge in [-0.1, -0.05) is 18.6 Å². The van der Waals surface area contributed by atoms with Crippen LogP contribution in [0.15, 0.2) is 24.3 Å². The number of fused-ring (bicyclic) bond motifs is 1. The minimum atomic E-state index is -0.791. The molecule has 1 N–H and O–H groups in total. The van der Waals surface area contributed by atoms with Crippen molar-refractivity contribution in [1.82, 2.24) is 4.90 Å². The fraction of sp³-hybridized carbons (Fsp3) is 0.579. The zero-order valence-corrected chi connectivity index (χ0v) is 14.5. The van der Waals surface area contributed by atoms with Gasteiger partial charge >= 0.3 is 5.97 Å². The van der Waals surface area contributed by atoms with Gasteiger partial charge in [-0.2, -0.15) is 0 Å². The first-order valence-electron chi connectivity index (χ1n) is 8.98. The molecule has 1 saturated carbocycles. The fourth-order valence-electron chi connectivity index (χ4n) is 3.67. The lowest BCUT2D eigenvalue weighted by molar-refractivity contribution is -0.145. The molecule has 1 fully saturated rings. The summed E-state index contributed by atoms with van der Waals surface area (Å²) < 4.78 is 11.7. The van der Waals surface area contributed by atoms with Gasteiger partial charge in [0.2, 0.25) is 5.91 Å². The number of carboxylic acids is 1. The van der Waals surface area contributed by atoms with Crippen LogP contribution in [0.25, 0.3) is 0 Å². The molecule has 1 aromatic carbocycles. The second-order valence-electron chi connectivity index (χ2n) is 6.77. The summed E-state index contributed by atoms with van der Waals surface area (Å²) in [5.74, 6) is 0.0711. The molecule has 1 aromatic rings. The monoisotopic (exact) mass is 347 g/mol. The summed E-state index contributed by atoms with van der Waals surface area (Å²) in [6.07, 6.45) is 2.46. The molecule has 0 saturated heterocycles. The van der Waals surface area contributed by atoms with Gasteiger partial charge in [-0.15, -0.1) is 0 Å². The third-order valence-corrected chi connectivity index (χ3v) is 5.06. The Morgan fingerprint density at radius 1 is 1.20 bits per heavy atom. The SMILES string of the molecule is CCN(CC1COc2ccccc2O1)C(=O)C1CCCC(C(=O)O)C1. The van der Waals surface area contributed by atoms with E-state index < -0.39 is 11.9 Å². The van der Waals surface area contributed by atoms with Crippen molar-refractivity contribution in [3.63, 3.8) is 0 Å². The number of aliphatic carboxylic acids is 1. The van der Waals surface area contributed by atoms with Gasteiger partial charge in [-0.3, -0.25) is 9.59 Å². The number of benzene rings is 1. The van der Waals surface area contributed by atoms with Gasteiger partial charge in [0.25, 0.3) is 0 Å². The van der Waals surface area contributed by atoms with Crippen molar-refractivity contribution in [2.45, 2.75) is 38.7 Å². The van der Waals surface area contributed by atoms with Crippen molar-refractivity contribution < 1.29 is 24.2 Å². The molecule has 1 aliphatic heterocycles. The van der Waals surface area contributed by atoms with Crippen LogP contribution in [0, 0.1) is 11.8 Å². The van der Waals surface area contributed by atoms with Gasteiger partial charge in [0.05, 0.1) is 12.5 Å². The number of para-hydroxylation sites is 2. The number of hydrogen-bond donors (Lipinski definition) is 1. The Kier molecular flexibility index (Phi) is 5.46. The Bertz CT molecular complexity index is 632. The zero-order valence-electron chi connectivity index (χ0n) is 14.5. The summed E-state index contributed by atoms with van der Waals surface area (Å²) in [6, 6.07) is 7.51. The van der Waals surface area contributed by atoms with Crippen molar-refractivity contribution in [3.05, 3.63) is 24.3 Å². The van der Waals surface area contributed by atoms with Crippen molar-refractivity contribution in [2.75, 3.05) is 19.7 Å². The number of hydrogen-bond acceptors (Lipinski definition) is 4. The smallest absolute Gasteiger partial charge is 0.306 e. The van der Waals surface area contributed by atoms with E-state index >= 15 is 0 Å². The summed E-state index contributed by atoms with van der Waals surface area (Å²) in [5.41, 5.74) is 0. The quantitative estimate of drug-likeness (QED) is 0.886. The van der Waals surface area contributed by atoms with Crippen LogP contribution in [0.4, 0.5) is 0 Å². The summed E-state index contributed by atoms with van der Waals surface area (Å²) in [6.45, 7) is 3.38. The van der Waals surface area contributed by atoms with E-state index in [-0.39, 0.29) is 17.9 Å². The van der Waals surface area contributed by atoms with Crippen LogP contribution in [-0.4, -0.2) is 47.7 Å². The molecule has 0 spiro atoms. The Morgan fingerprint density at radius 3 is 2.64 bits per heavy atom. The van der Waals surface area contributed by atoms with Crippen molar-refractivity contribution in [1.29, 1.82) is 0 Å². The second kappa shape index (κ2) is 7.76. The highest BCUT2D eigenvalue weighted by molar-refractivity contribution is 5.80. The minimum Gasteiger partial charge on any atom is -0.486 e. The highest BCUT2D eigenvalue weighted by Crippen LogP contribution is 2.32. The highest BCUT2D eigenvalue weighted by Gasteiger charge is 2.34. The molecule has 3 unspecified atom stereocenters. The van der Waals surface area contributed by atoms with E-state index in [0.717, 1.165) is 18.6 Å². The molecule has 0 radical (unpaired) electrons. The molecular weight excluding hydrogens is 322 g/mol. The molecule has 1 heterocycles. The third kappa shape index (κ3) is 4.06. The Morgan fingerprint density at radius 2 is 1.92 bits per heavy atom. The van der Waals surface area contributed by atoms with Gasteiger partial charge in [0, 0.05) is 12.5 Å². The summed E-state index contributed by atoms with van der Waals surface area (Å²) in [5, 5.41) is 9.23. The van der Waals surface area contributed by atoms with Gasteiger partial charge in [0.15, 0.2) is 17.6 Å². The molecule has 136 valence electrons. The van der Waals surface area contributed by atoms with Gasteiger partial charge < -0.3 is 19.5 Å². The Labute approximate surface area is 147 Å². The number of nitrogens with zero attached hydrogens (tertiary/aromatic N) is 1. The maximum Gasteiger partial charge on any atom is 0.306 e. The summed E-state index contributed by atoms with van der Waals surface area (Å²) >= 11 is 0. The topological polar surface area (TPSA) is 76.1 Å². The molecule has 3 atom stereocenters. The van der Waals surface area contributed by atoms with Crippen LogP contribution in [0.5, 0.6) is 11.5 Å². The predicted octanol–water partition coefficient (Wildman–Crippen LogP) is 2.57. The number of carboxylic acid groups (broad SMARTS) is 1. The van der Waals surface area contributed by atoms with Crippen molar-refractivity contribution in [3.8, 4) is 11.5 Å². The summed E-state index contributed by atoms with van der Waals surface area (Å²) in [7, 11) is 0. The van der Waals surface area contributed by atoms with Crippen LogP contribution in [-0.2, 0) is 9.59 Å². The van der Waals surface area contributed by atoms with Crippen molar-refractivity contribution in [2.24, 2.45) is 11.8 Å². The molecule has 1 aliphatic carbocycles. The number of rotatable bonds is 5. The molecule has 6 nitrogen and oxygen atoms in total. The standard InChI is InChI=1S/C19H25NO5/c1-2-20(18(21)13-6-5-7-14(10-13)19(22)23)11-15-12-24-16-8-3-4-9-17(16)25-15/h3-4,8-9,13-15H,2,5-7,10-12H2,1H3,(H,22,23). The van der Waals surface area contributed by atoms with Crippen LogP contribution >= 0.6 is 0 Å². The third-order valence-electron chi connectivity index (χ3n) is 5.06. The molecule has 3 rings (SSSR count). The first-order chi connectivity index (χ1) is 12.1. The number of carbonyl (C=O) groups excluding carboxylic acids is 1. The maximum absolute atomic E-state index is 12.9. The van der Waals surface area contributed by atoms with Gasteiger partial charge in [-0.25, -0.2) is 0 Å². The van der Waals surface area contributed by atoms with Crippen LogP contribution in [0.2, 0.25) is 0 Å². The molecule has 0 bridgehead atoms. The van der Waals surface area contributed by atoms with Crippen molar-refractivity contribution >= 4 is 11.9 Å². The summed E-state index contributed by atoms with van der Waals surface area (Å²) in [4.78, 5) is 25.9. The molecular formula is C19H25NO5. The number of likely N-dealkylation sites (N-methyl/N-ethyl adjacent to an activating group) is 1. The van der Waals surface area contributed by atoms with E-state index in [1.165, 1.54) is 0 Å². The lowest BCUT2D eigenvalue weighted by Crippen LogP contribution is -2.46. The zero-order chi connectivity index (χ0) is 17.8. The normalized spacial score (nSPS) is 25.2. The van der Waals surface area contributed by atoms with Crippen LogP contribution in [0.3, 0.4) is 0 Å². The molecule has 25 heavy (non-hydrogen) atoms. The first-order valence-corrected chi connectivity index (χ1v) is 8.98. The average Bonchev–Trinajstić information content (AvgIpc) is 2.65. The minimum absolute atomic E-state index is 0.0379. The van der Waals surface area contributed by atoms with Gasteiger partial charge in [-0.05, 0) is 38.3 Å². The number of carbonyl (C=O) groups is 2. The molecule has 6 heteroatoms. The van der Waals surface area contributed by atoms with E-state index in [0.29, 0.717) is 38.3 Å². The molecule has 2 aliphatic rings. The van der Waals surface area contributed by atoms with Crippen LogP contribution in [0.1, 0.15) is 32.6 Å². The van der Waals surface area contributed by atoms with E-state index in [9.17, 15) is 14.7 Å². The van der Waals surface area contributed by atoms with E-state index in [1.54, 1.807) is 4.90 Å².